The van der Waals surface area contributed by atoms with Crippen LogP contribution < -0.4 is 10.1 Å². The zero-order chi connectivity index (χ0) is 13.4. The van der Waals surface area contributed by atoms with Crippen molar-refractivity contribution in [2.24, 2.45) is 0 Å². The molecular formula is C14H21NO3. The quantitative estimate of drug-likeness (QED) is 0.776. The van der Waals surface area contributed by atoms with Crippen LogP contribution in [0.5, 0.6) is 5.75 Å². The van der Waals surface area contributed by atoms with Crippen molar-refractivity contribution in [3.8, 4) is 5.75 Å². The van der Waals surface area contributed by atoms with Crippen molar-refractivity contribution in [3.63, 3.8) is 0 Å². The van der Waals surface area contributed by atoms with Crippen LogP contribution in [0.3, 0.4) is 0 Å². The molecular weight excluding hydrogens is 230 g/mol. The Kier molecular flexibility index (Phi) is 6.22. The molecule has 1 aromatic carbocycles. The summed E-state index contributed by atoms with van der Waals surface area (Å²) in [6.45, 7) is 5.15. The Bertz CT molecular complexity index is 391. The van der Waals surface area contributed by atoms with E-state index in [1.165, 1.54) is 0 Å². The number of nitrogens with one attached hydrogen (secondary N) is 1. The largest absolute Gasteiger partial charge is 0.494 e. The number of aliphatic hydroxyl groups is 1. The van der Waals surface area contributed by atoms with Gasteiger partial charge in [0.25, 0.3) is 0 Å². The molecule has 2 N–H and O–H groups in total. The molecule has 1 amide bonds. The van der Waals surface area contributed by atoms with Crippen LogP contribution in [0.4, 0.5) is 0 Å². The molecule has 0 aliphatic heterocycles. The van der Waals surface area contributed by atoms with E-state index in [0.717, 1.165) is 16.9 Å². The van der Waals surface area contributed by atoms with Crippen molar-refractivity contribution < 1.29 is 14.6 Å². The smallest absolute Gasteiger partial charge is 0.220 e. The first-order valence-electron chi connectivity index (χ1n) is 6.27. The molecule has 0 aliphatic rings. The molecule has 1 aromatic rings. The van der Waals surface area contributed by atoms with Crippen molar-refractivity contribution in [1.29, 1.82) is 0 Å². The van der Waals surface area contributed by atoms with Gasteiger partial charge in [-0.15, -0.1) is 0 Å². The van der Waals surface area contributed by atoms with Gasteiger partial charge >= 0.3 is 0 Å². The van der Waals surface area contributed by atoms with Crippen LogP contribution in [-0.2, 0) is 11.3 Å². The summed E-state index contributed by atoms with van der Waals surface area (Å²) < 4.78 is 5.46. The summed E-state index contributed by atoms with van der Waals surface area (Å²) in [6, 6.07) is 5.88. The maximum atomic E-state index is 11.4. The fourth-order valence-corrected chi connectivity index (χ4v) is 1.67. The van der Waals surface area contributed by atoms with Gasteiger partial charge in [-0.1, -0.05) is 12.1 Å². The molecule has 4 nitrogen and oxygen atoms in total. The van der Waals surface area contributed by atoms with Crippen molar-refractivity contribution in [3.05, 3.63) is 29.3 Å². The zero-order valence-corrected chi connectivity index (χ0v) is 11.0. The molecule has 0 atom stereocenters. The number of hydrogen-bond donors (Lipinski definition) is 2. The Hall–Kier alpha value is -1.55. The Balaban J connectivity index is 2.48. The van der Waals surface area contributed by atoms with Crippen molar-refractivity contribution in [2.75, 3.05) is 13.2 Å². The lowest BCUT2D eigenvalue weighted by Gasteiger charge is -2.10. The average Bonchev–Trinajstić information content (AvgIpc) is 2.37. The molecule has 0 aliphatic carbocycles. The number of ether oxygens (including phenoxy) is 1. The first kappa shape index (κ1) is 14.5. The van der Waals surface area contributed by atoms with Crippen molar-refractivity contribution in [1.82, 2.24) is 5.32 Å². The second kappa shape index (κ2) is 7.71. The van der Waals surface area contributed by atoms with Crippen LogP contribution in [0, 0.1) is 6.92 Å². The first-order chi connectivity index (χ1) is 8.67. The lowest BCUT2D eigenvalue weighted by molar-refractivity contribution is -0.121. The fourth-order valence-electron chi connectivity index (χ4n) is 1.67. The van der Waals surface area contributed by atoms with Gasteiger partial charge in [0.2, 0.25) is 5.91 Å². The van der Waals surface area contributed by atoms with Crippen LogP contribution in [-0.4, -0.2) is 24.2 Å². The molecule has 0 saturated carbocycles. The molecule has 0 unspecified atom stereocenters. The van der Waals surface area contributed by atoms with Crippen molar-refractivity contribution in [2.45, 2.75) is 33.2 Å². The van der Waals surface area contributed by atoms with E-state index in [-0.39, 0.29) is 12.5 Å². The molecule has 0 saturated heterocycles. The molecule has 18 heavy (non-hydrogen) atoms. The van der Waals surface area contributed by atoms with Crippen LogP contribution in [0.1, 0.15) is 30.9 Å². The van der Waals surface area contributed by atoms with E-state index in [0.29, 0.717) is 26.0 Å². The van der Waals surface area contributed by atoms with E-state index >= 15 is 0 Å². The summed E-state index contributed by atoms with van der Waals surface area (Å²) in [5.74, 6) is 0.850. The number of carbonyl (C=O) groups is 1. The number of aryl methyl sites for hydroxylation is 1. The second-order valence-corrected chi connectivity index (χ2v) is 4.14. The van der Waals surface area contributed by atoms with Gasteiger partial charge in [-0.3, -0.25) is 4.79 Å². The van der Waals surface area contributed by atoms with Gasteiger partial charge in [0.1, 0.15) is 5.75 Å². The molecule has 0 aromatic heterocycles. The molecule has 0 spiro atoms. The monoisotopic (exact) mass is 251 g/mol. The highest BCUT2D eigenvalue weighted by Gasteiger charge is 2.03. The molecule has 0 fully saturated rings. The van der Waals surface area contributed by atoms with E-state index in [2.05, 4.69) is 5.32 Å². The third-order valence-corrected chi connectivity index (χ3v) is 2.59. The average molecular weight is 251 g/mol. The predicted octanol–water partition coefficient (Wildman–Crippen LogP) is 1.78. The van der Waals surface area contributed by atoms with Gasteiger partial charge in [0.05, 0.1) is 6.61 Å². The molecule has 0 radical (unpaired) electrons. The zero-order valence-electron chi connectivity index (χ0n) is 11.0. The normalized spacial score (nSPS) is 10.2. The molecule has 0 heterocycles. The highest BCUT2D eigenvalue weighted by atomic mass is 16.5. The van der Waals surface area contributed by atoms with E-state index in [1.807, 2.05) is 32.0 Å². The Labute approximate surface area is 108 Å². The summed E-state index contributed by atoms with van der Waals surface area (Å²) in [6.07, 6.45) is 0.876. The van der Waals surface area contributed by atoms with Gasteiger partial charge < -0.3 is 15.2 Å². The lowest BCUT2D eigenvalue weighted by Crippen LogP contribution is -2.22. The summed E-state index contributed by atoms with van der Waals surface area (Å²) in [5, 5.41) is 11.4. The minimum Gasteiger partial charge on any atom is -0.494 e. The Morgan fingerprint density at radius 1 is 1.44 bits per heavy atom. The number of carbonyl (C=O) groups excluding carboxylic acids is 1. The van der Waals surface area contributed by atoms with E-state index in [4.69, 9.17) is 9.84 Å². The van der Waals surface area contributed by atoms with Gasteiger partial charge in [-0.05, 0) is 37.5 Å². The summed E-state index contributed by atoms with van der Waals surface area (Å²) in [4.78, 5) is 11.4. The molecule has 100 valence electrons. The highest BCUT2D eigenvalue weighted by molar-refractivity contribution is 5.75. The van der Waals surface area contributed by atoms with Crippen LogP contribution in [0.25, 0.3) is 0 Å². The number of rotatable bonds is 7. The third kappa shape index (κ3) is 4.75. The van der Waals surface area contributed by atoms with Crippen LogP contribution >= 0.6 is 0 Å². The number of benzene rings is 1. The van der Waals surface area contributed by atoms with Gasteiger partial charge in [0, 0.05) is 19.6 Å². The van der Waals surface area contributed by atoms with E-state index < -0.39 is 0 Å². The fraction of sp³-hybridized carbons (Fsp3) is 0.500. The maximum Gasteiger partial charge on any atom is 0.220 e. The maximum absolute atomic E-state index is 11.4. The standard InChI is InChI=1S/C14H21NO3/c1-3-18-13-7-6-12(9-11(13)2)10-15-14(17)5-4-8-16/h6-7,9,16H,3-5,8,10H2,1-2H3,(H,15,17). The number of hydrogen-bond acceptors (Lipinski definition) is 3. The minimum absolute atomic E-state index is 0.0319. The van der Waals surface area contributed by atoms with Crippen molar-refractivity contribution >= 4 is 5.91 Å². The summed E-state index contributed by atoms with van der Waals surface area (Å²) >= 11 is 0. The number of aliphatic hydroxyl groups excluding tert-OH is 1. The molecule has 4 heteroatoms. The third-order valence-electron chi connectivity index (χ3n) is 2.59. The number of amides is 1. The highest BCUT2D eigenvalue weighted by Crippen LogP contribution is 2.18. The second-order valence-electron chi connectivity index (χ2n) is 4.14. The predicted molar refractivity (Wildman–Crippen MR) is 70.5 cm³/mol. The lowest BCUT2D eigenvalue weighted by atomic mass is 10.1. The van der Waals surface area contributed by atoms with Gasteiger partial charge in [-0.2, -0.15) is 0 Å². The molecule has 1 rings (SSSR count). The van der Waals surface area contributed by atoms with Crippen LogP contribution in [0.2, 0.25) is 0 Å². The summed E-state index contributed by atoms with van der Waals surface area (Å²) in [5.41, 5.74) is 2.12. The Morgan fingerprint density at radius 3 is 2.83 bits per heavy atom. The topological polar surface area (TPSA) is 58.6 Å². The summed E-state index contributed by atoms with van der Waals surface area (Å²) in [7, 11) is 0. The Morgan fingerprint density at radius 2 is 2.22 bits per heavy atom. The van der Waals surface area contributed by atoms with Crippen LogP contribution in [0.15, 0.2) is 18.2 Å². The first-order valence-corrected chi connectivity index (χ1v) is 6.27. The van der Waals surface area contributed by atoms with E-state index in [9.17, 15) is 4.79 Å². The van der Waals surface area contributed by atoms with Gasteiger partial charge in [-0.25, -0.2) is 0 Å². The van der Waals surface area contributed by atoms with Gasteiger partial charge in [0.15, 0.2) is 0 Å². The van der Waals surface area contributed by atoms with E-state index in [1.54, 1.807) is 0 Å². The molecule has 0 bridgehead atoms. The minimum atomic E-state index is -0.0319. The SMILES string of the molecule is CCOc1ccc(CNC(=O)CCCO)cc1C.